The van der Waals surface area contributed by atoms with E-state index >= 15 is 0 Å². The highest BCUT2D eigenvalue weighted by molar-refractivity contribution is 5.94. The van der Waals surface area contributed by atoms with Crippen molar-refractivity contribution in [2.24, 2.45) is 0 Å². The van der Waals surface area contributed by atoms with Gasteiger partial charge in [0.25, 0.3) is 5.91 Å². The van der Waals surface area contributed by atoms with Crippen LogP contribution < -0.4 is 0 Å². The zero-order valence-corrected chi connectivity index (χ0v) is 15.8. The first-order valence-electron chi connectivity index (χ1n) is 8.80. The van der Waals surface area contributed by atoms with Crippen LogP contribution in [0.2, 0.25) is 0 Å². The van der Waals surface area contributed by atoms with Crippen LogP contribution in [0.3, 0.4) is 0 Å². The molecule has 0 radical (unpaired) electrons. The molecule has 1 aromatic rings. The fraction of sp³-hybridized carbons (Fsp3) is 0.706. The lowest BCUT2D eigenvalue weighted by atomic mass is 10.2. The Hall–Kier alpha value is -2.26. The Labute approximate surface area is 155 Å². The van der Waals surface area contributed by atoms with E-state index in [0.717, 1.165) is 17.4 Å². The maximum absolute atomic E-state index is 13.4. The molecule has 1 aliphatic heterocycles. The van der Waals surface area contributed by atoms with Crippen LogP contribution in [0.5, 0.6) is 0 Å². The zero-order valence-electron chi connectivity index (χ0n) is 15.8. The number of rotatable bonds is 2. The lowest BCUT2D eigenvalue weighted by Crippen LogP contribution is -2.42. The van der Waals surface area contributed by atoms with Crippen LogP contribution >= 0.6 is 0 Å². The normalized spacial score (nSPS) is 17.5. The maximum Gasteiger partial charge on any atom is 0.449 e. The number of carbonyl (C=O) groups excluding carboxylic acids is 2. The summed E-state index contributed by atoms with van der Waals surface area (Å²) in [7, 11) is 1.56. The summed E-state index contributed by atoms with van der Waals surface area (Å²) in [5.41, 5.74) is -0.876. The maximum atomic E-state index is 13.4. The number of amides is 2. The molecule has 27 heavy (non-hydrogen) atoms. The van der Waals surface area contributed by atoms with E-state index in [0.29, 0.717) is 0 Å². The van der Waals surface area contributed by atoms with Crippen molar-refractivity contribution in [3.05, 3.63) is 17.2 Å². The number of halogens is 3. The van der Waals surface area contributed by atoms with Crippen molar-refractivity contribution >= 4 is 12.0 Å². The molecule has 0 saturated heterocycles. The standard InChI is InChI=1S/C17H23F3N4O3/c1-16(2,3)27-15(26)23-7-8-24-11(9-23)12(21-14(24)17(18,19)20)13(25)22(4)10-5-6-10/h10H,5-9H2,1-4H3. The summed E-state index contributed by atoms with van der Waals surface area (Å²) < 4.78 is 46.5. The molecule has 10 heteroatoms. The van der Waals surface area contributed by atoms with Gasteiger partial charge in [-0.15, -0.1) is 0 Å². The molecule has 150 valence electrons. The molecule has 2 heterocycles. The van der Waals surface area contributed by atoms with E-state index in [2.05, 4.69) is 4.98 Å². The fourth-order valence-electron chi connectivity index (χ4n) is 3.03. The molecule has 3 rings (SSSR count). The number of alkyl halides is 3. The minimum absolute atomic E-state index is 0.0368. The van der Waals surface area contributed by atoms with Gasteiger partial charge in [-0.05, 0) is 33.6 Å². The highest BCUT2D eigenvalue weighted by Gasteiger charge is 2.43. The van der Waals surface area contributed by atoms with Gasteiger partial charge in [-0.1, -0.05) is 0 Å². The molecule has 7 nitrogen and oxygen atoms in total. The average Bonchev–Trinajstić information content (AvgIpc) is 3.30. The Bertz CT molecular complexity index is 763. The lowest BCUT2D eigenvalue weighted by Gasteiger charge is -2.31. The van der Waals surface area contributed by atoms with Crippen LogP contribution in [0.25, 0.3) is 0 Å². The van der Waals surface area contributed by atoms with E-state index in [1.807, 2.05) is 0 Å². The minimum atomic E-state index is -4.68. The van der Waals surface area contributed by atoms with E-state index in [1.54, 1.807) is 27.8 Å². The van der Waals surface area contributed by atoms with Crippen molar-refractivity contribution in [2.45, 2.75) is 64.5 Å². The highest BCUT2D eigenvalue weighted by Crippen LogP contribution is 2.34. The first kappa shape index (κ1) is 19.5. The van der Waals surface area contributed by atoms with E-state index < -0.39 is 29.6 Å². The van der Waals surface area contributed by atoms with Crippen LogP contribution in [0.15, 0.2) is 0 Å². The van der Waals surface area contributed by atoms with Gasteiger partial charge in [-0.3, -0.25) is 4.79 Å². The Morgan fingerprint density at radius 3 is 2.33 bits per heavy atom. The Kier molecular flexibility index (Phi) is 4.63. The summed E-state index contributed by atoms with van der Waals surface area (Å²) in [5, 5.41) is 0. The number of carbonyl (C=O) groups is 2. The first-order chi connectivity index (χ1) is 12.4. The molecule has 0 spiro atoms. The van der Waals surface area contributed by atoms with Gasteiger partial charge in [0.1, 0.15) is 5.60 Å². The fourth-order valence-corrected chi connectivity index (χ4v) is 3.03. The summed E-state index contributed by atoms with van der Waals surface area (Å²) in [6.07, 6.45) is -3.65. The number of imidazole rings is 1. The monoisotopic (exact) mass is 388 g/mol. The second-order valence-corrected chi connectivity index (χ2v) is 7.93. The number of hydrogen-bond acceptors (Lipinski definition) is 4. The van der Waals surface area contributed by atoms with Crippen molar-refractivity contribution in [1.29, 1.82) is 0 Å². The van der Waals surface area contributed by atoms with Gasteiger partial charge in [0, 0.05) is 26.2 Å². The molecule has 2 amide bonds. The van der Waals surface area contributed by atoms with Crippen molar-refractivity contribution in [1.82, 2.24) is 19.4 Å². The zero-order chi connectivity index (χ0) is 20.1. The number of aromatic nitrogens is 2. The van der Waals surface area contributed by atoms with Gasteiger partial charge in [0.15, 0.2) is 5.69 Å². The molecule has 0 unspecified atom stereocenters. The average molecular weight is 388 g/mol. The van der Waals surface area contributed by atoms with Crippen LogP contribution in [-0.2, 0) is 24.0 Å². The molecule has 1 aliphatic carbocycles. The number of fused-ring (bicyclic) bond motifs is 1. The van der Waals surface area contributed by atoms with Gasteiger partial charge in [0.05, 0.1) is 12.2 Å². The second-order valence-electron chi connectivity index (χ2n) is 7.93. The Balaban J connectivity index is 1.93. The SMILES string of the molecule is CN(C(=O)c1nc(C(F)(F)F)n2c1CN(C(=O)OC(C)(C)C)CC2)C1CC1. The minimum Gasteiger partial charge on any atom is -0.444 e. The van der Waals surface area contributed by atoms with Crippen molar-refractivity contribution in [3.8, 4) is 0 Å². The Morgan fingerprint density at radius 2 is 1.81 bits per heavy atom. The molecule has 0 aromatic carbocycles. The summed E-state index contributed by atoms with van der Waals surface area (Å²) in [6.45, 7) is 4.92. The predicted octanol–water partition coefficient (Wildman–Crippen LogP) is 2.89. The largest absolute Gasteiger partial charge is 0.449 e. The third-order valence-corrected chi connectivity index (χ3v) is 4.53. The summed E-state index contributed by atoms with van der Waals surface area (Å²) in [6, 6.07) is 0.0368. The van der Waals surface area contributed by atoms with Gasteiger partial charge < -0.3 is 19.1 Å². The number of ether oxygens (including phenoxy) is 1. The van der Waals surface area contributed by atoms with Crippen molar-refractivity contribution in [3.63, 3.8) is 0 Å². The van der Waals surface area contributed by atoms with Crippen molar-refractivity contribution in [2.75, 3.05) is 13.6 Å². The van der Waals surface area contributed by atoms with E-state index in [-0.39, 0.29) is 37.1 Å². The van der Waals surface area contributed by atoms with Gasteiger partial charge >= 0.3 is 12.3 Å². The van der Waals surface area contributed by atoms with E-state index in [1.165, 1.54) is 9.80 Å². The number of hydrogen-bond donors (Lipinski definition) is 0. The molecule has 1 saturated carbocycles. The Morgan fingerprint density at radius 1 is 1.19 bits per heavy atom. The van der Waals surface area contributed by atoms with Crippen LogP contribution in [0.4, 0.5) is 18.0 Å². The van der Waals surface area contributed by atoms with Crippen LogP contribution in [0, 0.1) is 0 Å². The molecular weight excluding hydrogens is 365 g/mol. The molecular formula is C17H23F3N4O3. The second kappa shape index (κ2) is 6.42. The van der Waals surface area contributed by atoms with Gasteiger partial charge in [0.2, 0.25) is 5.82 Å². The van der Waals surface area contributed by atoms with Crippen LogP contribution in [0.1, 0.15) is 55.6 Å². The van der Waals surface area contributed by atoms with E-state index in [4.69, 9.17) is 4.74 Å². The van der Waals surface area contributed by atoms with Crippen molar-refractivity contribution < 1.29 is 27.5 Å². The lowest BCUT2D eigenvalue weighted by molar-refractivity contribution is -0.147. The summed E-state index contributed by atoms with van der Waals surface area (Å²) in [5.74, 6) is -1.66. The predicted molar refractivity (Wildman–Crippen MR) is 89.0 cm³/mol. The van der Waals surface area contributed by atoms with E-state index in [9.17, 15) is 22.8 Å². The third-order valence-electron chi connectivity index (χ3n) is 4.53. The van der Waals surface area contributed by atoms with Gasteiger partial charge in [-0.2, -0.15) is 13.2 Å². The highest BCUT2D eigenvalue weighted by atomic mass is 19.4. The quantitative estimate of drug-likeness (QED) is 0.781. The first-order valence-corrected chi connectivity index (χ1v) is 8.80. The molecule has 0 atom stereocenters. The summed E-state index contributed by atoms with van der Waals surface area (Å²) >= 11 is 0. The summed E-state index contributed by atoms with van der Waals surface area (Å²) in [4.78, 5) is 31.4. The topological polar surface area (TPSA) is 67.7 Å². The molecule has 1 aromatic heterocycles. The third kappa shape index (κ3) is 4.03. The smallest absolute Gasteiger partial charge is 0.444 e. The number of nitrogens with zero attached hydrogens (tertiary/aromatic N) is 4. The molecule has 0 N–H and O–H groups in total. The van der Waals surface area contributed by atoms with Gasteiger partial charge in [-0.25, -0.2) is 9.78 Å². The molecule has 1 fully saturated rings. The molecule has 2 aliphatic rings. The molecule has 0 bridgehead atoms. The van der Waals surface area contributed by atoms with Crippen LogP contribution in [-0.4, -0.2) is 56.6 Å².